The van der Waals surface area contributed by atoms with Crippen LogP contribution in [0, 0.1) is 6.92 Å². The Morgan fingerprint density at radius 1 is 1.00 bits per heavy atom. The van der Waals surface area contributed by atoms with Gasteiger partial charge in [-0.1, -0.05) is 42.5 Å². The molecule has 0 atom stereocenters. The molecule has 0 radical (unpaired) electrons. The summed E-state index contributed by atoms with van der Waals surface area (Å²) in [5.41, 5.74) is 2.42. The Labute approximate surface area is 100 Å². The Kier molecular flexibility index (Phi) is 3.50. The normalized spacial score (nSPS) is 10.9. The number of phenolic OH excluding ortho intramolecular Hbond substituents is 1. The van der Waals surface area contributed by atoms with Gasteiger partial charge < -0.3 is 5.11 Å². The number of nitrogens with zero attached hydrogens (tertiary/aromatic N) is 2. The first-order valence-electron chi connectivity index (χ1n) is 5.47. The highest BCUT2D eigenvalue weighted by atomic mass is 16.3. The molecule has 17 heavy (non-hydrogen) atoms. The molecule has 0 aliphatic rings. The van der Waals surface area contributed by atoms with Crippen LogP contribution in [0.5, 0.6) is 5.75 Å². The molecule has 2 rings (SSSR count). The summed E-state index contributed by atoms with van der Waals surface area (Å²) in [7, 11) is 0. The van der Waals surface area contributed by atoms with Crippen LogP contribution in [0.15, 0.2) is 58.8 Å². The lowest BCUT2D eigenvalue weighted by Gasteiger charge is -2.00. The quantitative estimate of drug-likeness (QED) is 0.790. The van der Waals surface area contributed by atoms with Gasteiger partial charge in [-0.15, -0.1) is 0 Å². The lowest BCUT2D eigenvalue weighted by molar-refractivity contribution is 0.472. The summed E-state index contributed by atoms with van der Waals surface area (Å²) in [5, 5.41) is 17.9. The second kappa shape index (κ2) is 5.25. The minimum absolute atomic E-state index is 0.198. The smallest absolute Gasteiger partial charge is 0.145 e. The molecule has 2 aromatic carbocycles. The topological polar surface area (TPSA) is 45.0 Å². The van der Waals surface area contributed by atoms with Crippen LogP contribution >= 0.6 is 0 Å². The van der Waals surface area contributed by atoms with Gasteiger partial charge in [0.15, 0.2) is 0 Å². The number of benzene rings is 2. The third kappa shape index (κ3) is 2.91. The predicted octanol–water partition coefficient (Wildman–Crippen LogP) is 3.98. The van der Waals surface area contributed by atoms with Crippen molar-refractivity contribution in [2.45, 2.75) is 13.5 Å². The third-order valence-electron chi connectivity index (χ3n) is 2.49. The summed E-state index contributed by atoms with van der Waals surface area (Å²) in [6.45, 7) is 2.36. The first kappa shape index (κ1) is 11.3. The predicted molar refractivity (Wildman–Crippen MR) is 67.5 cm³/mol. The third-order valence-corrected chi connectivity index (χ3v) is 2.49. The number of hydrogen-bond acceptors (Lipinski definition) is 3. The zero-order valence-electron chi connectivity index (χ0n) is 9.67. The zero-order chi connectivity index (χ0) is 12.1. The van der Waals surface area contributed by atoms with Gasteiger partial charge in [0.05, 0.1) is 6.54 Å². The lowest BCUT2D eigenvalue weighted by Crippen LogP contribution is -1.78. The van der Waals surface area contributed by atoms with E-state index in [4.69, 9.17) is 0 Å². The van der Waals surface area contributed by atoms with Crippen LogP contribution < -0.4 is 0 Å². The number of hydrogen-bond donors (Lipinski definition) is 1. The van der Waals surface area contributed by atoms with Crippen molar-refractivity contribution >= 4 is 5.69 Å². The average molecular weight is 226 g/mol. The Hall–Kier alpha value is -2.16. The van der Waals surface area contributed by atoms with Gasteiger partial charge in [-0.05, 0) is 24.1 Å². The van der Waals surface area contributed by atoms with Crippen molar-refractivity contribution < 1.29 is 5.11 Å². The van der Waals surface area contributed by atoms with E-state index < -0.39 is 0 Å². The van der Waals surface area contributed by atoms with E-state index in [0.29, 0.717) is 12.2 Å². The Morgan fingerprint density at radius 2 is 1.76 bits per heavy atom. The van der Waals surface area contributed by atoms with Crippen LogP contribution in [-0.2, 0) is 6.54 Å². The fourth-order valence-electron chi connectivity index (χ4n) is 1.50. The van der Waals surface area contributed by atoms with Crippen molar-refractivity contribution in [1.82, 2.24) is 0 Å². The molecule has 0 aromatic heterocycles. The first-order chi connectivity index (χ1) is 8.27. The molecule has 0 heterocycles. The number of aryl methyl sites for hydroxylation is 1. The summed E-state index contributed by atoms with van der Waals surface area (Å²) < 4.78 is 0. The largest absolute Gasteiger partial charge is 0.505 e. The molecular formula is C14H14N2O. The van der Waals surface area contributed by atoms with E-state index in [9.17, 15) is 5.11 Å². The van der Waals surface area contributed by atoms with Crippen molar-refractivity contribution in [3.05, 3.63) is 59.7 Å². The molecule has 3 heteroatoms. The Morgan fingerprint density at radius 3 is 2.53 bits per heavy atom. The van der Waals surface area contributed by atoms with E-state index in [2.05, 4.69) is 10.2 Å². The minimum Gasteiger partial charge on any atom is -0.505 e. The van der Waals surface area contributed by atoms with Crippen LogP contribution in [-0.4, -0.2) is 5.11 Å². The van der Waals surface area contributed by atoms with E-state index in [1.54, 1.807) is 6.07 Å². The average Bonchev–Trinajstić information content (AvgIpc) is 2.36. The SMILES string of the molecule is Cc1cccc(N=NCc2ccccc2)c1O. The molecule has 0 saturated heterocycles. The lowest BCUT2D eigenvalue weighted by atomic mass is 10.2. The van der Waals surface area contributed by atoms with Gasteiger partial charge in [0.25, 0.3) is 0 Å². The molecule has 0 unspecified atom stereocenters. The maximum absolute atomic E-state index is 9.74. The second-order valence-electron chi connectivity index (χ2n) is 3.83. The van der Waals surface area contributed by atoms with Crippen LogP contribution in [0.25, 0.3) is 0 Å². The standard InChI is InChI=1S/C14H14N2O/c1-11-6-5-9-13(14(11)17)16-15-10-12-7-3-2-4-8-12/h2-9,17H,10H2,1H3. The number of azo groups is 1. The number of aromatic hydroxyl groups is 1. The van der Waals surface area contributed by atoms with Gasteiger partial charge in [0, 0.05) is 0 Å². The molecule has 0 bridgehead atoms. The van der Waals surface area contributed by atoms with Crippen LogP contribution in [0.3, 0.4) is 0 Å². The fraction of sp³-hybridized carbons (Fsp3) is 0.143. The van der Waals surface area contributed by atoms with E-state index in [1.165, 1.54) is 0 Å². The van der Waals surface area contributed by atoms with E-state index in [-0.39, 0.29) is 5.75 Å². The van der Waals surface area contributed by atoms with Crippen molar-refractivity contribution in [3.8, 4) is 5.75 Å². The first-order valence-corrected chi connectivity index (χ1v) is 5.47. The number of rotatable bonds is 3. The molecule has 0 saturated carbocycles. The van der Waals surface area contributed by atoms with Crippen molar-refractivity contribution in [2.24, 2.45) is 10.2 Å². The summed E-state index contributed by atoms with van der Waals surface area (Å²) in [6.07, 6.45) is 0. The number of phenols is 1. The molecule has 3 nitrogen and oxygen atoms in total. The van der Waals surface area contributed by atoms with Gasteiger partial charge in [-0.2, -0.15) is 10.2 Å². The fourth-order valence-corrected chi connectivity index (χ4v) is 1.50. The summed E-state index contributed by atoms with van der Waals surface area (Å²) in [5.74, 6) is 0.198. The summed E-state index contributed by atoms with van der Waals surface area (Å²) in [6, 6.07) is 15.3. The second-order valence-corrected chi connectivity index (χ2v) is 3.83. The molecule has 0 aliphatic carbocycles. The molecule has 2 aromatic rings. The van der Waals surface area contributed by atoms with E-state index in [0.717, 1.165) is 11.1 Å². The van der Waals surface area contributed by atoms with Gasteiger partial charge >= 0.3 is 0 Å². The van der Waals surface area contributed by atoms with Crippen molar-refractivity contribution in [2.75, 3.05) is 0 Å². The molecule has 1 N–H and O–H groups in total. The molecule has 0 amide bonds. The molecule has 0 aliphatic heterocycles. The highest BCUT2D eigenvalue weighted by Gasteiger charge is 2.01. The Bertz CT molecular complexity index is 521. The molecule has 86 valence electrons. The van der Waals surface area contributed by atoms with Crippen LogP contribution in [0.1, 0.15) is 11.1 Å². The monoisotopic (exact) mass is 226 g/mol. The summed E-state index contributed by atoms with van der Waals surface area (Å²) in [4.78, 5) is 0. The van der Waals surface area contributed by atoms with E-state index in [1.807, 2.05) is 49.4 Å². The van der Waals surface area contributed by atoms with Crippen LogP contribution in [0.4, 0.5) is 5.69 Å². The van der Waals surface area contributed by atoms with Gasteiger partial charge in [0.2, 0.25) is 0 Å². The zero-order valence-corrected chi connectivity index (χ0v) is 9.67. The summed E-state index contributed by atoms with van der Waals surface area (Å²) >= 11 is 0. The van der Waals surface area contributed by atoms with Crippen molar-refractivity contribution in [3.63, 3.8) is 0 Å². The highest BCUT2D eigenvalue weighted by Crippen LogP contribution is 2.29. The number of para-hydroxylation sites is 1. The van der Waals surface area contributed by atoms with Gasteiger partial charge in [-0.3, -0.25) is 0 Å². The maximum Gasteiger partial charge on any atom is 0.145 e. The van der Waals surface area contributed by atoms with Crippen LogP contribution in [0.2, 0.25) is 0 Å². The van der Waals surface area contributed by atoms with E-state index >= 15 is 0 Å². The molecule has 0 fully saturated rings. The minimum atomic E-state index is 0.198. The van der Waals surface area contributed by atoms with Gasteiger partial charge in [0.1, 0.15) is 11.4 Å². The maximum atomic E-state index is 9.74. The Balaban J connectivity index is 2.09. The highest BCUT2D eigenvalue weighted by molar-refractivity contribution is 5.54. The van der Waals surface area contributed by atoms with Crippen molar-refractivity contribution in [1.29, 1.82) is 0 Å². The molecule has 0 spiro atoms. The molecular weight excluding hydrogens is 212 g/mol. The van der Waals surface area contributed by atoms with Gasteiger partial charge in [-0.25, -0.2) is 0 Å².